The number of benzene rings is 2. The minimum atomic E-state index is -2.04. The monoisotopic (exact) mass is 863 g/mol. The maximum absolute atomic E-state index is 14.3. The molecule has 0 saturated carbocycles. The van der Waals surface area contributed by atoms with Gasteiger partial charge >= 0.3 is 11.9 Å². The van der Waals surface area contributed by atoms with Gasteiger partial charge < -0.3 is 43.9 Å². The molecule has 0 spiro atoms. The second-order valence-corrected chi connectivity index (χ2v) is 17.4. The van der Waals surface area contributed by atoms with Gasteiger partial charge in [-0.15, -0.1) is 0 Å². The van der Waals surface area contributed by atoms with Crippen molar-refractivity contribution >= 4 is 23.9 Å². The van der Waals surface area contributed by atoms with Gasteiger partial charge in [0, 0.05) is 36.8 Å². The highest BCUT2D eigenvalue weighted by atomic mass is 19.1. The fourth-order valence-electron chi connectivity index (χ4n) is 8.77. The largest absolute Gasteiger partial charge is 0.461 e. The average Bonchev–Trinajstić information content (AvgIpc) is 3.19. The van der Waals surface area contributed by atoms with Crippen LogP contribution in [0.4, 0.5) is 13.2 Å². The van der Waals surface area contributed by atoms with E-state index in [9.17, 15) is 38.1 Å². The van der Waals surface area contributed by atoms with Gasteiger partial charge in [-0.25, -0.2) is 13.2 Å². The first kappa shape index (κ1) is 49.9. The number of hydrogen-bond acceptors (Lipinski definition) is 13. The number of carbonyl (C=O) groups is 2. The van der Waals surface area contributed by atoms with Gasteiger partial charge in [-0.1, -0.05) is 39.8 Å². The minimum absolute atomic E-state index is 0.00354. The van der Waals surface area contributed by atoms with Crippen molar-refractivity contribution in [3.63, 3.8) is 0 Å². The van der Waals surface area contributed by atoms with Gasteiger partial charge in [-0.2, -0.15) is 10.2 Å². The van der Waals surface area contributed by atoms with E-state index < -0.39 is 107 Å². The van der Waals surface area contributed by atoms with E-state index >= 15 is 0 Å². The van der Waals surface area contributed by atoms with Crippen molar-refractivity contribution in [1.29, 1.82) is 0 Å². The summed E-state index contributed by atoms with van der Waals surface area (Å²) in [5.74, 6) is -7.70. The molecule has 2 fully saturated rings. The van der Waals surface area contributed by atoms with E-state index in [-0.39, 0.29) is 30.6 Å². The molecule has 0 amide bonds. The number of cyclic esters (lactones) is 1. The molecule has 0 aromatic heterocycles. The van der Waals surface area contributed by atoms with E-state index in [1.165, 1.54) is 51.4 Å². The summed E-state index contributed by atoms with van der Waals surface area (Å²) in [6.45, 7) is 13.3. The molecule has 0 aliphatic carbocycles. The number of esters is 2. The predicted octanol–water partition coefficient (Wildman–Crippen LogP) is 5.63. The Labute approximate surface area is 357 Å². The molecule has 14 atom stereocenters. The lowest BCUT2D eigenvalue weighted by Crippen LogP contribution is -2.60. The van der Waals surface area contributed by atoms with Gasteiger partial charge in [0.05, 0.1) is 42.5 Å². The molecule has 16 heteroatoms. The Kier molecular flexibility index (Phi) is 17.2. The lowest BCUT2D eigenvalue weighted by atomic mass is 9.73. The molecule has 340 valence electrons. The van der Waals surface area contributed by atoms with Crippen molar-refractivity contribution in [3.8, 4) is 0 Å². The fraction of sp³-hybridized carbons (Fsp3) is 0.644. The molecule has 2 heterocycles. The molecule has 3 N–H and O–H groups in total. The minimum Gasteiger partial charge on any atom is -0.461 e. The summed E-state index contributed by atoms with van der Waals surface area (Å²) in [5, 5.41) is 44.5. The van der Waals surface area contributed by atoms with Crippen molar-refractivity contribution < 1.29 is 61.8 Å². The summed E-state index contributed by atoms with van der Waals surface area (Å²) in [5.41, 5.74) is -2.54. The highest BCUT2D eigenvalue weighted by molar-refractivity contribution is 5.90. The molecule has 4 unspecified atom stereocenters. The number of ether oxygens (including phenoxy) is 5. The number of halogens is 3. The third-order valence-electron chi connectivity index (χ3n) is 12.3. The van der Waals surface area contributed by atoms with Gasteiger partial charge in [0.15, 0.2) is 6.29 Å². The Morgan fingerprint density at radius 3 is 2.18 bits per heavy atom. The Balaban J connectivity index is 1.91. The average molecular weight is 864 g/mol. The number of rotatable bonds is 10. The molecule has 0 radical (unpaired) electrons. The van der Waals surface area contributed by atoms with E-state index in [4.69, 9.17) is 23.7 Å². The molecule has 2 aliphatic rings. The highest BCUT2D eigenvalue weighted by Gasteiger charge is 2.52. The van der Waals surface area contributed by atoms with E-state index in [2.05, 4.69) is 10.2 Å². The number of carbonyl (C=O) groups excluding carboxylic acids is 2. The third-order valence-corrected chi connectivity index (χ3v) is 12.3. The summed E-state index contributed by atoms with van der Waals surface area (Å²) in [7, 11) is 5.12. The van der Waals surface area contributed by atoms with Gasteiger partial charge in [0.2, 0.25) is 0 Å². The quantitative estimate of drug-likeness (QED) is 0.154. The number of hydrogen-bond donors (Lipinski definition) is 3. The number of methoxy groups -OCH3 is 1. The summed E-state index contributed by atoms with van der Waals surface area (Å²) in [4.78, 5) is 29.9. The standard InChI is InChI=1S/C45H64F3N3O10/c1-12-35-45(8,56)40(54)26(4)37(50-49-23-29-13-15-31(46)16-14-29)24(2)22-44(7,57-11)41(61-43-38(53)34(51(9)10)17-25(3)58-43)27(5)39(28(6)42(55)59-35)60-36(52)20-30-18-32(47)21-33(48)19-30/h13-16,18-19,21,23-28,34-35,38-41,43,53-54,56H,12,17,20,22H2,1-11H3/b49-23+,50-37+/t24-,25?,26+,27+,28-,34?,35-,38?,39+,40-,41-,43?,44-,45-/m1/s1. The van der Waals surface area contributed by atoms with Crippen LogP contribution in [-0.4, -0.2) is 125 Å². The first-order chi connectivity index (χ1) is 28.5. The lowest BCUT2D eigenvalue weighted by molar-refractivity contribution is -0.301. The van der Waals surface area contributed by atoms with Crippen molar-refractivity contribution in [2.75, 3.05) is 21.2 Å². The van der Waals surface area contributed by atoms with Gasteiger partial charge in [0.1, 0.15) is 41.4 Å². The maximum atomic E-state index is 14.3. The van der Waals surface area contributed by atoms with Crippen LogP contribution in [-0.2, 0) is 39.7 Å². The summed E-state index contributed by atoms with van der Waals surface area (Å²) in [6, 6.07) is 7.91. The van der Waals surface area contributed by atoms with Crippen molar-refractivity contribution in [2.45, 2.75) is 141 Å². The zero-order valence-corrected chi connectivity index (χ0v) is 37.1. The van der Waals surface area contributed by atoms with E-state index in [1.54, 1.807) is 27.7 Å². The molecular formula is C45H64F3N3O10. The van der Waals surface area contributed by atoms with Gasteiger partial charge in [-0.3, -0.25) is 9.59 Å². The van der Waals surface area contributed by atoms with Crippen LogP contribution in [0.15, 0.2) is 52.7 Å². The lowest BCUT2D eigenvalue weighted by Gasteiger charge is -2.48. The molecule has 2 aliphatic heterocycles. The molecule has 0 bridgehead atoms. The second-order valence-electron chi connectivity index (χ2n) is 17.4. The van der Waals surface area contributed by atoms with Crippen LogP contribution >= 0.6 is 0 Å². The van der Waals surface area contributed by atoms with Crippen LogP contribution in [0.1, 0.15) is 85.8 Å². The van der Waals surface area contributed by atoms with Crippen LogP contribution in [0.25, 0.3) is 0 Å². The predicted molar refractivity (Wildman–Crippen MR) is 222 cm³/mol. The first-order valence-corrected chi connectivity index (χ1v) is 20.8. The second kappa shape index (κ2) is 21.1. The number of aliphatic hydroxyl groups is 3. The van der Waals surface area contributed by atoms with Gasteiger partial charge in [0.25, 0.3) is 0 Å². The first-order valence-electron chi connectivity index (χ1n) is 20.8. The number of aliphatic hydroxyl groups excluding tert-OH is 2. The summed E-state index contributed by atoms with van der Waals surface area (Å²) < 4.78 is 73.4. The molecule has 2 aromatic carbocycles. The fourth-order valence-corrected chi connectivity index (χ4v) is 8.77. The summed E-state index contributed by atoms with van der Waals surface area (Å²) >= 11 is 0. The highest BCUT2D eigenvalue weighted by Crippen LogP contribution is 2.40. The molecular weight excluding hydrogens is 799 g/mol. The summed E-state index contributed by atoms with van der Waals surface area (Å²) in [6.07, 6.45) is -6.53. The van der Waals surface area contributed by atoms with Gasteiger partial charge in [-0.05, 0) is 102 Å². The smallest absolute Gasteiger partial charge is 0.312 e. The number of likely N-dealkylation sites (N-methyl/N-ethyl adjacent to an activating group) is 1. The molecule has 2 saturated heterocycles. The van der Waals surface area contributed by atoms with E-state index in [0.717, 1.165) is 12.1 Å². The Morgan fingerprint density at radius 2 is 1.61 bits per heavy atom. The van der Waals surface area contributed by atoms with Crippen LogP contribution in [0.3, 0.4) is 0 Å². The van der Waals surface area contributed by atoms with Crippen LogP contribution < -0.4 is 0 Å². The normalized spacial score (nSPS) is 36.5. The molecule has 4 rings (SSSR count). The molecule has 61 heavy (non-hydrogen) atoms. The maximum Gasteiger partial charge on any atom is 0.312 e. The van der Waals surface area contributed by atoms with Crippen molar-refractivity contribution in [2.24, 2.45) is 33.9 Å². The molecule has 2 aromatic rings. The zero-order chi connectivity index (χ0) is 45.6. The van der Waals surface area contributed by atoms with Crippen LogP contribution in [0, 0.1) is 41.1 Å². The Hall–Kier alpha value is -3.77. The number of nitrogens with zero attached hydrogens (tertiary/aromatic N) is 3. The van der Waals surface area contributed by atoms with Crippen LogP contribution in [0.5, 0.6) is 0 Å². The SMILES string of the molecule is CC[C@H]1OC(=O)[C@H](C)[C@@H](OC(=O)Cc2cc(F)cc(F)c2)[C@H](C)[C@@H](OC2OC(C)CC(N(C)C)C2O)[C@](C)(OC)C[C@@H](C)/C(=N\N=C\c2ccc(F)cc2)[C@H](C)[C@@H](O)[C@]1(C)O. The molecule has 13 nitrogen and oxygen atoms in total. The van der Waals surface area contributed by atoms with Crippen molar-refractivity contribution in [1.82, 2.24) is 4.90 Å². The van der Waals surface area contributed by atoms with E-state index in [1.807, 2.05) is 32.8 Å². The van der Waals surface area contributed by atoms with Crippen LogP contribution in [0.2, 0.25) is 0 Å². The Morgan fingerprint density at radius 1 is 0.984 bits per heavy atom. The van der Waals surface area contributed by atoms with Crippen molar-refractivity contribution in [3.05, 3.63) is 71.0 Å². The topological polar surface area (TPSA) is 169 Å². The Bertz CT molecular complexity index is 1830. The third kappa shape index (κ3) is 12.2. The zero-order valence-electron chi connectivity index (χ0n) is 37.1. The van der Waals surface area contributed by atoms with E-state index in [0.29, 0.717) is 23.8 Å².